The lowest BCUT2D eigenvalue weighted by molar-refractivity contribution is -0.122. The molecule has 0 aliphatic carbocycles. The summed E-state index contributed by atoms with van der Waals surface area (Å²) in [5.41, 5.74) is 3.58. The molecular formula is C33H34Cl2F2N4O2. The predicted molar refractivity (Wildman–Crippen MR) is 165 cm³/mol. The third-order valence-corrected chi connectivity index (χ3v) is 8.75. The number of carbonyl (C=O) groups excluding carboxylic acids is 2. The second kappa shape index (κ2) is 11.9. The number of nitrogens with two attached hydrogens (primary N) is 1. The van der Waals surface area contributed by atoms with Crippen LogP contribution in [0, 0.1) is 28.4 Å². The fourth-order valence-corrected chi connectivity index (χ4v) is 6.23. The van der Waals surface area contributed by atoms with Crippen molar-refractivity contribution in [2.45, 2.75) is 69.9 Å². The fourth-order valence-electron chi connectivity index (χ4n) is 5.89. The number of anilines is 1. The van der Waals surface area contributed by atoms with Gasteiger partial charge in [-0.3, -0.25) is 9.59 Å². The quantitative estimate of drug-likeness (QED) is 0.262. The van der Waals surface area contributed by atoms with Crippen LogP contribution in [-0.2, 0) is 20.4 Å². The maximum atomic E-state index is 15.8. The van der Waals surface area contributed by atoms with Crippen LogP contribution in [0.15, 0.2) is 60.7 Å². The normalized spacial score (nSPS) is 22.2. The van der Waals surface area contributed by atoms with Gasteiger partial charge in [0.05, 0.1) is 22.5 Å². The Morgan fingerprint density at radius 3 is 2.26 bits per heavy atom. The summed E-state index contributed by atoms with van der Waals surface area (Å²) in [5, 5.41) is 17.0. The van der Waals surface area contributed by atoms with Crippen molar-refractivity contribution in [3.8, 4) is 6.07 Å². The first kappa shape index (κ1) is 32.4. The zero-order valence-corrected chi connectivity index (χ0v) is 26.1. The molecule has 1 saturated heterocycles. The molecule has 2 amide bonds. The number of primary amides is 1. The molecule has 0 aromatic heterocycles. The van der Waals surface area contributed by atoms with Crippen LogP contribution >= 0.6 is 23.2 Å². The summed E-state index contributed by atoms with van der Waals surface area (Å²) >= 11 is 12.3. The summed E-state index contributed by atoms with van der Waals surface area (Å²) in [6.45, 7) is 9.29. The molecule has 4 N–H and O–H groups in total. The number of carbonyl (C=O) groups is 2. The van der Waals surface area contributed by atoms with Crippen molar-refractivity contribution in [1.29, 1.82) is 5.26 Å². The van der Waals surface area contributed by atoms with Gasteiger partial charge in [0.1, 0.15) is 17.0 Å². The molecule has 3 aromatic rings. The van der Waals surface area contributed by atoms with Crippen molar-refractivity contribution in [1.82, 2.24) is 5.32 Å². The molecule has 4 rings (SSSR count). The molecule has 4 atom stereocenters. The van der Waals surface area contributed by atoms with Crippen LogP contribution in [0.2, 0.25) is 10.0 Å². The van der Waals surface area contributed by atoms with E-state index in [0.29, 0.717) is 17.7 Å². The third-order valence-electron chi connectivity index (χ3n) is 8.22. The van der Waals surface area contributed by atoms with Crippen molar-refractivity contribution in [2.75, 3.05) is 5.32 Å². The van der Waals surface area contributed by atoms with Gasteiger partial charge in [-0.05, 0) is 67.1 Å². The third kappa shape index (κ3) is 6.12. The lowest BCUT2D eigenvalue weighted by Crippen LogP contribution is -2.45. The van der Waals surface area contributed by atoms with E-state index in [9.17, 15) is 14.9 Å². The number of hydrogen-bond acceptors (Lipinski definition) is 4. The molecule has 1 aliphatic rings. The van der Waals surface area contributed by atoms with Gasteiger partial charge in [-0.1, -0.05) is 74.3 Å². The summed E-state index contributed by atoms with van der Waals surface area (Å²) in [6.07, 6.45) is 0.349. The molecular weight excluding hydrogens is 593 g/mol. The Morgan fingerprint density at radius 1 is 1.05 bits per heavy atom. The van der Waals surface area contributed by atoms with Crippen molar-refractivity contribution in [3.63, 3.8) is 0 Å². The van der Waals surface area contributed by atoms with Gasteiger partial charge >= 0.3 is 0 Å². The van der Waals surface area contributed by atoms with Gasteiger partial charge in [0.25, 0.3) is 0 Å². The van der Waals surface area contributed by atoms with Crippen molar-refractivity contribution >= 4 is 40.7 Å². The Balaban J connectivity index is 1.88. The first-order valence-corrected chi connectivity index (χ1v) is 14.6. The molecule has 226 valence electrons. The highest BCUT2D eigenvalue weighted by atomic mass is 35.5. The lowest BCUT2D eigenvalue weighted by Gasteiger charge is -2.37. The average Bonchev–Trinajstić information content (AvgIpc) is 3.23. The maximum absolute atomic E-state index is 15.8. The van der Waals surface area contributed by atoms with Crippen LogP contribution in [0.4, 0.5) is 14.5 Å². The standard InChI is InChI=1S/C33H34Cl2F2N4O2/c1-31(2,3)16-25-33(17-38,22-14-11-19(34)15-24(22)36)26(21-7-6-8-23(35)27(21)37)28(41-25)29(42)40-20-12-9-18(10-13-20)32(4,5)30(39)43/h6-15,25-26,28,41H,16H2,1-5H3,(H2,39,43)(H,40,42)/t25-,26-,28+,33-/m1/s1. The maximum Gasteiger partial charge on any atom is 0.242 e. The van der Waals surface area contributed by atoms with Crippen molar-refractivity contribution in [3.05, 3.63) is 99.0 Å². The van der Waals surface area contributed by atoms with Crippen LogP contribution in [0.5, 0.6) is 0 Å². The Kier molecular flexibility index (Phi) is 8.95. The molecule has 1 fully saturated rings. The highest BCUT2D eigenvalue weighted by Crippen LogP contribution is 2.53. The van der Waals surface area contributed by atoms with E-state index < -0.39 is 52.3 Å². The van der Waals surface area contributed by atoms with Crippen LogP contribution < -0.4 is 16.4 Å². The van der Waals surface area contributed by atoms with Gasteiger partial charge in [0, 0.05) is 28.2 Å². The second-order valence-corrected chi connectivity index (χ2v) is 13.6. The predicted octanol–water partition coefficient (Wildman–Crippen LogP) is 6.99. The molecule has 0 bridgehead atoms. The van der Waals surface area contributed by atoms with Gasteiger partial charge in [-0.25, -0.2) is 8.78 Å². The topological polar surface area (TPSA) is 108 Å². The van der Waals surface area contributed by atoms with Crippen molar-refractivity contribution < 1.29 is 18.4 Å². The minimum Gasteiger partial charge on any atom is -0.369 e. The van der Waals surface area contributed by atoms with E-state index in [0.717, 1.165) is 6.07 Å². The number of rotatable bonds is 7. The SMILES string of the molecule is CC(C)(C)C[C@H]1N[C@H](C(=O)Nc2ccc(C(C)(C)C(N)=O)cc2)[C@@H](c2cccc(Cl)c2F)[C@]1(C#N)c1ccc(Cl)cc1F. The number of nitrogens with one attached hydrogen (secondary N) is 2. The Morgan fingerprint density at radius 2 is 1.70 bits per heavy atom. The summed E-state index contributed by atoms with van der Waals surface area (Å²) < 4.78 is 31.6. The van der Waals surface area contributed by atoms with Gasteiger partial charge in [-0.15, -0.1) is 0 Å². The van der Waals surface area contributed by atoms with E-state index in [1.165, 1.54) is 30.3 Å². The first-order chi connectivity index (χ1) is 20.0. The van der Waals surface area contributed by atoms with Gasteiger partial charge in [0.2, 0.25) is 11.8 Å². The number of halogens is 4. The van der Waals surface area contributed by atoms with Gasteiger partial charge < -0.3 is 16.4 Å². The van der Waals surface area contributed by atoms with Crippen LogP contribution in [-0.4, -0.2) is 23.9 Å². The molecule has 43 heavy (non-hydrogen) atoms. The van der Waals surface area contributed by atoms with E-state index in [1.807, 2.05) is 20.8 Å². The summed E-state index contributed by atoms with van der Waals surface area (Å²) in [4.78, 5) is 25.9. The number of hydrogen-bond donors (Lipinski definition) is 3. The molecule has 0 saturated carbocycles. The summed E-state index contributed by atoms with van der Waals surface area (Å²) in [6, 6.07) is 15.4. The Labute approximate surface area is 260 Å². The van der Waals surface area contributed by atoms with Crippen molar-refractivity contribution in [2.24, 2.45) is 11.1 Å². The molecule has 0 spiro atoms. The molecule has 0 radical (unpaired) electrons. The molecule has 0 unspecified atom stereocenters. The highest BCUT2D eigenvalue weighted by molar-refractivity contribution is 6.31. The summed E-state index contributed by atoms with van der Waals surface area (Å²) in [5.74, 6) is -3.78. The second-order valence-electron chi connectivity index (χ2n) is 12.7. The average molecular weight is 628 g/mol. The minimum absolute atomic E-state index is 0.00105. The lowest BCUT2D eigenvalue weighted by atomic mass is 9.62. The molecule has 3 aromatic carbocycles. The van der Waals surface area contributed by atoms with E-state index in [-0.39, 0.29) is 26.6 Å². The summed E-state index contributed by atoms with van der Waals surface area (Å²) in [7, 11) is 0. The van der Waals surface area contributed by atoms with Gasteiger partial charge in [0.15, 0.2) is 0 Å². The first-order valence-electron chi connectivity index (χ1n) is 13.8. The monoisotopic (exact) mass is 626 g/mol. The van der Waals surface area contributed by atoms with Crippen LogP contribution in [0.1, 0.15) is 63.6 Å². The van der Waals surface area contributed by atoms with E-state index in [4.69, 9.17) is 28.9 Å². The Bertz CT molecular complexity index is 1600. The minimum atomic E-state index is -1.73. The molecule has 1 heterocycles. The van der Waals surface area contributed by atoms with E-state index in [1.54, 1.807) is 38.1 Å². The van der Waals surface area contributed by atoms with E-state index in [2.05, 4.69) is 16.7 Å². The van der Waals surface area contributed by atoms with E-state index >= 15 is 8.78 Å². The smallest absolute Gasteiger partial charge is 0.242 e. The highest BCUT2D eigenvalue weighted by Gasteiger charge is 2.61. The zero-order chi connectivity index (χ0) is 31.9. The largest absolute Gasteiger partial charge is 0.369 e. The number of nitriles is 1. The number of benzene rings is 3. The van der Waals surface area contributed by atoms with Crippen LogP contribution in [0.25, 0.3) is 0 Å². The molecule has 6 nitrogen and oxygen atoms in total. The molecule has 1 aliphatic heterocycles. The molecule has 10 heteroatoms. The van der Waals surface area contributed by atoms with Gasteiger partial charge in [-0.2, -0.15) is 5.26 Å². The number of nitrogens with zero attached hydrogens (tertiary/aromatic N) is 1. The number of amides is 2. The zero-order valence-electron chi connectivity index (χ0n) is 24.6. The Hall–Kier alpha value is -3.51. The fraction of sp³-hybridized carbons (Fsp3) is 0.364. The van der Waals surface area contributed by atoms with Crippen LogP contribution in [0.3, 0.4) is 0 Å².